The van der Waals surface area contributed by atoms with Crippen LogP contribution in [-0.4, -0.2) is 9.97 Å². The second kappa shape index (κ2) is 6.64. The second-order valence-corrected chi connectivity index (χ2v) is 5.40. The number of nitrogens with one attached hydrogen (secondary N) is 2. The van der Waals surface area contributed by atoms with E-state index >= 15 is 0 Å². The fourth-order valence-electron chi connectivity index (χ4n) is 1.83. The predicted octanol–water partition coefficient (Wildman–Crippen LogP) is 5.27. The summed E-state index contributed by atoms with van der Waals surface area (Å²) in [5.41, 5.74) is 1.77. The fourth-order valence-corrected chi connectivity index (χ4v) is 2.08. The molecule has 6 heteroatoms. The van der Waals surface area contributed by atoms with Gasteiger partial charge in [-0.05, 0) is 54.6 Å². The molecule has 1 heterocycles. The van der Waals surface area contributed by atoms with E-state index < -0.39 is 0 Å². The van der Waals surface area contributed by atoms with Crippen LogP contribution in [0.5, 0.6) is 0 Å². The van der Waals surface area contributed by atoms with Gasteiger partial charge >= 0.3 is 0 Å². The third kappa shape index (κ3) is 3.87. The van der Waals surface area contributed by atoms with E-state index in [0.717, 1.165) is 11.4 Å². The lowest BCUT2D eigenvalue weighted by molar-refractivity contribution is 1.17. The first-order valence-electron chi connectivity index (χ1n) is 6.57. The molecule has 4 nitrogen and oxygen atoms in total. The zero-order chi connectivity index (χ0) is 15.4. The fraction of sp³-hybridized carbons (Fsp3) is 0. The third-order valence-electron chi connectivity index (χ3n) is 2.87. The van der Waals surface area contributed by atoms with E-state index in [9.17, 15) is 0 Å². The summed E-state index contributed by atoms with van der Waals surface area (Å²) in [6, 6.07) is 16.5. The van der Waals surface area contributed by atoms with Crippen molar-refractivity contribution in [3.63, 3.8) is 0 Å². The molecule has 2 aromatic carbocycles. The topological polar surface area (TPSA) is 49.8 Å². The van der Waals surface area contributed by atoms with Gasteiger partial charge in [-0.2, -0.15) is 4.98 Å². The van der Waals surface area contributed by atoms with Crippen LogP contribution in [0.1, 0.15) is 0 Å². The SMILES string of the molecule is Clc1ccc(Nc2ccnc(Nc3ccc(Cl)cc3)n2)cc1. The highest BCUT2D eigenvalue weighted by Crippen LogP contribution is 2.20. The van der Waals surface area contributed by atoms with E-state index in [1.165, 1.54) is 0 Å². The number of anilines is 4. The molecule has 0 atom stereocenters. The van der Waals surface area contributed by atoms with Crippen molar-refractivity contribution in [1.82, 2.24) is 9.97 Å². The van der Waals surface area contributed by atoms with Crippen molar-refractivity contribution in [2.45, 2.75) is 0 Å². The van der Waals surface area contributed by atoms with E-state index in [0.29, 0.717) is 21.8 Å². The molecule has 22 heavy (non-hydrogen) atoms. The Balaban J connectivity index is 1.74. The van der Waals surface area contributed by atoms with Crippen LogP contribution in [0.25, 0.3) is 0 Å². The van der Waals surface area contributed by atoms with Crippen molar-refractivity contribution in [2.75, 3.05) is 10.6 Å². The van der Waals surface area contributed by atoms with Crippen molar-refractivity contribution >= 4 is 46.3 Å². The van der Waals surface area contributed by atoms with Gasteiger partial charge in [0.05, 0.1) is 0 Å². The average Bonchev–Trinajstić information content (AvgIpc) is 2.52. The van der Waals surface area contributed by atoms with Gasteiger partial charge in [-0.25, -0.2) is 4.98 Å². The zero-order valence-electron chi connectivity index (χ0n) is 11.4. The molecule has 110 valence electrons. The molecule has 3 rings (SSSR count). The van der Waals surface area contributed by atoms with Crippen LogP contribution in [0.4, 0.5) is 23.1 Å². The highest BCUT2D eigenvalue weighted by molar-refractivity contribution is 6.30. The number of hydrogen-bond donors (Lipinski definition) is 2. The number of halogens is 2. The van der Waals surface area contributed by atoms with Gasteiger partial charge in [-0.15, -0.1) is 0 Å². The van der Waals surface area contributed by atoms with Gasteiger partial charge in [-0.3, -0.25) is 0 Å². The van der Waals surface area contributed by atoms with Gasteiger partial charge < -0.3 is 10.6 Å². The van der Waals surface area contributed by atoms with Crippen molar-refractivity contribution in [2.24, 2.45) is 0 Å². The summed E-state index contributed by atoms with van der Waals surface area (Å²) < 4.78 is 0. The number of nitrogens with zero attached hydrogens (tertiary/aromatic N) is 2. The lowest BCUT2D eigenvalue weighted by atomic mass is 10.3. The summed E-state index contributed by atoms with van der Waals surface area (Å²) in [5.74, 6) is 1.19. The first-order chi connectivity index (χ1) is 10.7. The summed E-state index contributed by atoms with van der Waals surface area (Å²) in [4.78, 5) is 8.61. The van der Waals surface area contributed by atoms with Crippen molar-refractivity contribution in [3.05, 3.63) is 70.8 Å². The standard InChI is InChI=1S/C16H12Cl2N4/c17-11-1-5-13(6-2-11)20-15-9-10-19-16(22-15)21-14-7-3-12(18)4-8-14/h1-10H,(H2,19,20,21,22). The van der Waals surface area contributed by atoms with Crippen LogP contribution in [0.15, 0.2) is 60.8 Å². The Hall–Kier alpha value is -2.30. The summed E-state index contributed by atoms with van der Waals surface area (Å²) in [5, 5.41) is 7.70. The summed E-state index contributed by atoms with van der Waals surface area (Å²) in [6.45, 7) is 0. The van der Waals surface area contributed by atoms with Gasteiger partial charge in [0, 0.05) is 27.6 Å². The molecule has 0 saturated carbocycles. The number of aromatic nitrogens is 2. The second-order valence-electron chi connectivity index (χ2n) is 4.53. The molecular formula is C16H12Cl2N4. The molecule has 0 radical (unpaired) electrons. The average molecular weight is 331 g/mol. The zero-order valence-corrected chi connectivity index (χ0v) is 12.9. The molecule has 2 N–H and O–H groups in total. The Bertz CT molecular complexity index is 695. The highest BCUT2D eigenvalue weighted by atomic mass is 35.5. The lowest BCUT2D eigenvalue weighted by Gasteiger charge is -2.08. The van der Waals surface area contributed by atoms with Gasteiger partial charge in [0.1, 0.15) is 5.82 Å². The minimum Gasteiger partial charge on any atom is -0.340 e. The minimum absolute atomic E-state index is 0.501. The largest absolute Gasteiger partial charge is 0.340 e. The maximum absolute atomic E-state index is 5.87. The summed E-state index contributed by atoms with van der Waals surface area (Å²) in [7, 11) is 0. The molecule has 0 aliphatic rings. The molecule has 0 aliphatic carbocycles. The molecule has 3 aromatic rings. The number of benzene rings is 2. The van der Waals surface area contributed by atoms with Crippen molar-refractivity contribution in [3.8, 4) is 0 Å². The molecule has 0 amide bonds. The van der Waals surface area contributed by atoms with Crippen LogP contribution in [0.3, 0.4) is 0 Å². The molecule has 0 unspecified atom stereocenters. The van der Waals surface area contributed by atoms with E-state index in [-0.39, 0.29) is 0 Å². The molecule has 1 aromatic heterocycles. The molecule has 0 spiro atoms. The molecule has 0 bridgehead atoms. The molecule has 0 saturated heterocycles. The van der Waals surface area contributed by atoms with Gasteiger partial charge in [0.25, 0.3) is 0 Å². The normalized spacial score (nSPS) is 10.3. The molecule has 0 fully saturated rings. The Morgan fingerprint density at radius 1 is 0.682 bits per heavy atom. The summed E-state index contributed by atoms with van der Waals surface area (Å²) in [6.07, 6.45) is 1.68. The van der Waals surface area contributed by atoms with E-state index in [1.807, 2.05) is 36.4 Å². The minimum atomic E-state index is 0.501. The maximum atomic E-state index is 5.87. The summed E-state index contributed by atoms with van der Waals surface area (Å²) >= 11 is 11.7. The first kappa shape index (κ1) is 14.6. The van der Waals surface area contributed by atoms with Crippen molar-refractivity contribution in [1.29, 1.82) is 0 Å². The monoisotopic (exact) mass is 330 g/mol. The Kier molecular flexibility index (Phi) is 4.42. The first-order valence-corrected chi connectivity index (χ1v) is 7.33. The van der Waals surface area contributed by atoms with Gasteiger partial charge in [0.2, 0.25) is 5.95 Å². The predicted molar refractivity (Wildman–Crippen MR) is 91.5 cm³/mol. The van der Waals surface area contributed by atoms with Crippen molar-refractivity contribution < 1.29 is 0 Å². The molecule has 0 aliphatic heterocycles. The van der Waals surface area contributed by atoms with Gasteiger partial charge in [0.15, 0.2) is 0 Å². The lowest BCUT2D eigenvalue weighted by Crippen LogP contribution is -2.00. The molecular weight excluding hydrogens is 319 g/mol. The number of rotatable bonds is 4. The van der Waals surface area contributed by atoms with Crippen LogP contribution >= 0.6 is 23.2 Å². The third-order valence-corrected chi connectivity index (χ3v) is 3.38. The Morgan fingerprint density at radius 2 is 1.23 bits per heavy atom. The van der Waals surface area contributed by atoms with Crippen LogP contribution in [0.2, 0.25) is 10.0 Å². The Morgan fingerprint density at radius 3 is 1.82 bits per heavy atom. The van der Waals surface area contributed by atoms with Crippen LogP contribution in [-0.2, 0) is 0 Å². The Labute approximate surface area is 138 Å². The smallest absolute Gasteiger partial charge is 0.229 e. The van der Waals surface area contributed by atoms with Crippen LogP contribution in [0, 0.1) is 0 Å². The quantitative estimate of drug-likeness (QED) is 0.684. The van der Waals surface area contributed by atoms with Crippen LogP contribution < -0.4 is 10.6 Å². The maximum Gasteiger partial charge on any atom is 0.229 e. The van der Waals surface area contributed by atoms with E-state index in [2.05, 4.69) is 20.6 Å². The number of hydrogen-bond acceptors (Lipinski definition) is 4. The van der Waals surface area contributed by atoms with E-state index in [4.69, 9.17) is 23.2 Å². The highest BCUT2D eigenvalue weighted by Gasteiger charge is 2.01. The van der Waals surface area contributed by atoms with Gasteiger partial charge in [-0.1, -0.05) is 23.2 Å². The van der Waals surface area contributed by atoms with E-state index in [1.54, 1.807) is 24.4 Å².